The molecular formula is C28H27F9O3S2. The third-order valence-corrected chi connectivity index (χ3v) is 11.9. The summed E-state index contributed by atoms with van der Waals surface area (Å²) < 4.78 is 157. The maximum absolute atomic E-state index is 15.1. The molecule has 0 fully saturated rings. The smallest absolute Gasteiger partial charge is 0.202 e. The zero-order valence-electron chi connectivity index (χ0n) is 22.5. The molecule has 3 rings (SSSR count). The highest BCUT2D eigenvalue weighted by Gasteiger charge is 2.86. The normalized spacial score (nSPS) is 14.2. The number of aryl methyl sites for hydroxylation is 3. The van der Waals surface area contributed by atoms with Crippen LogP contribution in [0.4, 0.5) is 39.5 Å². The summed E-state index contributed by atoms with van der Waals surface area (Å²) in [6.07, 6.45) is -6.35. The summed E-state index contributed by atoms with van der Waals surface area (Å²) in [4.78, 5) is -0.169. The molecular weight excluding hydrogens is 619 g/mol. The van der Waals surface area contributed by atoms with Gasteiger partial charge in [0.05, 0.1) is 0 Å². The highest BCUT2D eigenvalue weighted by molar-refractivity contribution is 8.33. The molecule has 0 aliphatic heterocycles. The Morgan fingerprint density at radius 3 is 1.36 bits per heavy atom. The summed E-state index contributed by atoms with van der Waals surface area (Å²) in [5.41, 5.74) is 1.55. The molecule has 0 saturated carbocycles. The molecule has 3 aromatic carbocycles. The molecule has 0 unspecified atom stereocenters. The number of benzene rings is 3. The fraction of sp³-hybridized carbons (Fsp3) is 0.357. The van der Waals surface area contributed by atoms with Crippen LogP contribution in [0.25, 0.3) is 0 Å². The number of rotatable bonds is 11. The number of alkyl halides is 9. The second kappa shape index (κ2) is 11.8. The standard InChI is InChI=1S/C28H27F9O3S2/c1-4-19-17-20(5-2)24(21(6-3)18-19)41(22-13-9-7-10-14-22,23-15-11-8-12-16-23)40-42(38,39)28(36,37)26(31,32)25(29,30)27(33,34)35/h7-18H,4-6H2,1-3H3. The highest BCUT2D eigenvalue weighted by Crippen LogP contribution is 2.73. The first-order valence-electron chi connectivity index (χ1n) is 12.6. The SMILES string of the molecule is CCc1cc(CC)c(S(OS(=O)(=O)C(F)(F)C(F)(F)C(F)(F)C(F)(F)F)(c2ccccc2)c2ccccc2)c(CC)c1. The Bertz CT molecular complexity index is 1430. The molecule has 42 heavy (non-hydrogen) atoms. The molecule has 0 saturated heterocycles. The van der Waals surface area contributed by atoms with Crippen LogP contribution in [0.15, 0.2) is 87.5 Å². The Morgan fingerprint density at radius 1 is 0.619 bits per heavy atom. The lowest BCUT2D eigenvalue weighted by Gasteiger charge is -2.43. The van der Waals surface area contributed by atoms with E-state index >= 15 is 8.78 Å². The average Bonchev–Trinajstić information content (AvgIpc) is 2.95. The second-order valence-electron chi connectivity index (χ2n) is 9.17. The van der Waals surface area contributed by atoms with Gasteiger partial charge in [-0.05, 0) is 70.5 Å². The van der Waals surface area contributed by atoms with Crippen molar-refractivity contribution in [2.45, 2.75) is 78.0 Å². The molecule has 0 aliphatic rings. The third kappa shape index (κ3) is 5.41. The Hall–Kier alpha value is -2.71. The summed E-state index contributed by atoms with van der Waals surface area (Å²) in [5.74, 6) is -14.9. The molecule has 0 atom stereocenters. The molecule has 3 nitrogen and oxygen atoms in total. The summed E-state index contributed by atoms with van der Waals surface area (Å²) in [5, 5.41) is -7.02. The fourth-order valence-corrected chi connectivity index (χ4v) is 10.1. The van der Waals surface area contributed by atoms with Gasteiger partial charge in [-0.3, -0.25) is 0 Å². The van der Waals surface area contributed by atoms with Crippen molar-refractivity contribution in [2.24, 2.45) is 0 Å². The predicted octanol–water partition coefficient (Wildman–Crippen LogP) is 9.34. The maximum Gasteiger partial charge on any atom is 0.460 e. The van der Waals surface area contributed by atoms with Crippen LogP contribution in [0.3, 0.4) is 0 Å². The van der Waals surface area contributed by atoms with Crippen molar-refractivity contribution in [2.75, 3.05) is 0 Å². The van der Waals surface area contributed by atoms with Gasteiger partial charge in [-0.25, -0.2) is 3.63 Å². The third-order valence-electron chi connectivity index (χ3n) is 6.53. The van der Waals surface area contributed by atoms with E-state index in [0.717, 1.165) is 5.56 Å². The Morgan fingerprint density at radius 2 is 1.02 bits per heavy atom. The van der Waals surface area contributed by atoms with Crippen molar-refractivity contribution >= 4 is 20.4 Å². The lowest BCUT2D eigenvalue weighted by atomic mass is 10.0. The lowest BCUT2D eigenvalue weighted by molar-refractivity contribution is -0.382. The monoisotopic (exact) mass is 646 g/mol. The zero-order valence-corrected chi connectivity index (χ0v) is 24.1. The van der Waals surface area contributed by atoms with Crippen molar-refractivity contribution in [1.29, 1.82) is 0 Å². The Labute approximate surface area is 239 Å². The molecule has 14 heteroatoms. The van der Waals surface area contributed by atoms with Crippen LogP contribution >= 0.6 is 10.3 Å². The van der Waals surface area contributed by atoms with E-state index in [1.807, 2.05) is 6.92 Å². The van der Waals surface area contributed by atoms with Gasteiger partial charge in [0.15, 0.2) is 0 Å². The summed E-state index contributed by atoms with van der Waals surface area (Å²) in [6, 6.07) is 17.0. The van der Waals surface area contributed by atoms with Gasteiger partial charge in [0.25, 0.3) is 0 Å². The van der Waals surface area contributed by atoms with Crippen molar-refractivity contribution in [1.82, 2.24) is 0 Å². The van der Waals surface area contributed by atoms with E-state index in [-0.39, 0.29) is 27.5 Å². The molecule has 3 aromatic rings. The number of halogens is 9. The van der Waals surface area contributed by atoms with Crippen LogP contribution < -0.4 is 0 Å². The number of hydrogen-bond donors (Lipinski definition) is 0. The first-order valence-corrected chi connectivity index (χ1v) is 15.6. The van der Waals surface area contributed by atoms with E-state index in [1.54, 1.807) is 26.0 Å². The maximum atomic E-state index is 15.1. The minimum absolute atomic E-state index is 0.0346. The topological polar surface area (TPSA) is 43.4 Å². The van der Waals surface area contributed by atoms with Gasteiger partial charge in [-0.15, -0.1) is 0 Å². The van der Waals surface area contributed by atoms with Crippen LogP contribution in [0, 0.1) is 0 Å². The summed E-state index contributed by atoms with van der Waals surface area (Å²) in [7, 11) is -11.3. The minimum atomic E-state index is -7.44. The second-order valence-corrected chi connectivity index (χ2v) is 13.6. The highest BCUT2D eigenvalue weighted by atomic mass is 32.3. The first kappa shape index (κ1) is 33.8. The quantitative estimate of drug-likeness (QED) is 0.195. The van der Waals surface area contributed by atoms with Crippen LogP contribution in [0.2, 0.25) is 0 Å². The van der Waals surface area contributed by atoms with Crippen LogP contribution in [-0.2, 0) is 33.0 Å². The Balaban J connectivity index is 2.51. The van der Waals surface area contributed by atoms with Crippen molar-refractivity contribution in [3.05, 3.63) is 89.5 Å². The number of hydrogen-bond acceptors (Lipinski definition) is 3. The molecule has 0 N–H and O–H groups in total. The zero-order chi connectivity index (χ0) is 31.8. The molecule has 0 amide bonds. The molecule has 232 valence electrons. The summed E-state index contributed by atoms with van der Waals surface area (Å²) in [6.45, 7) is 5.16. The van der Waals surface area contributed by atoms with E-state index in [0.29, 0.717) is 17.5 Å². The van der Waals surface area contributed by atoms with Gasteiger partial charge in [0.1, 0.15) is 0 Å². The fourth-order valence-electron chi connectivity index (χ4n) is 4.33. The van der Waals surface area contributed by atoms with Crippen molar-refractivity contribution < 1.29 is 51.6 Å². The molecule has 0 aliphatic carbocycles. The van der Waals surface area contributed by atoms with Gasteiger partial charge < -0.3 is 0 Å². The van der Waals surface area contributed by atoms with E-state index in [9.17, 15) is 39.2 Å². The van der Waals surface area contributed by atoms with Gasteiger partial charge in [0, 0.05) is 14.7 Å². The van der Waals surface area contributed by atoms with Gasteiger partial charge in [-0.2, -0.15) is 47.9 Å². The van der Waals surface area contributed by atoms with E-state index in [1.165, 1.54) is 60.7 Å². The minimum Gasteiger partial charge on any atom is -0.202 e. The predicted molar refractivity (Wildman–Crippen MR) is 141 cm³/mol. The average molecular weight is 647 g/mol. The van der Waals surface area contributed by atoms with Gasteiger partial charge in [0.2, 0.25) is 0 Å². The molecule has 0 radical (unpaired) electrons. The van der Waals surface area contributed by atoms with Gasteiger partial charge in [-0.1, -0.05) is 69.3 Å². The molecule has 0 bridgehead atoms. The first-order chi connectivity index (χ1) is 19.4. The van der Waals surface area contributed by atoms with Crippen molar-refractivity contribution in [3.8, 4) is 0 Å². The molecule has 0 aromatic heterocycles. The van der Waals surface area contributed by atoms with E-state index in [2.05, 4.69) is 0 Å². The van der Waals surface area contributed by atoms with Crippen LogP contribution in [0.5, 0.6) is 0 Å². The molecule has 0 spiro atoms. The van der Waals surface area contributed by atoms with Crippen LogP contribution in [0.1, 0.15) is 37.5 Å². The van der Waals surface area contributed by atoms with E-state index < -0.39 is 43.7 Å². The molecule has 0 heterocycles. The van der Waals surface area contributed by atoms with E-state index in [4.69, 9.17) is 3.63 Å². The van der Waals surface area contributed by atoms with Gasteiger partial charge >= 0.3 is 33.4 Å². The lowest BCUT2D eigenvalue weighted by Crippen LogP contribution is -2.63. The largest absolute Gasteiger partial charge is 0.460 e. The summed E-state index contributed by atoms with van der Waals surface area (Å²) >= 11 is 0. The van der Waals surface area contributed by atoms with Crippen LogP contribution in [-0.4, -0.2) is 31.7 Å². The Kier molecular flexibility index (Phi) is 9.46. The van der Waals surface area contributed by atoms with Crippen molar-refractivity contribution in [3.63, 3.8) is 0 Å².